The van der Waals surface area contributed by atoms with Gasteiger partial charge in [0.2, 0.25) is 70.9 Å². The second kappa shape index (κ2) is 41.1. The molecule has 0 aliphatic carbocycles. The zero-order valence-corrected chi connectivity index (χ0v) is 53.4. The largest absolute Gasteiger partial charge is 0.394 e. The molecular weight excluding hydrogens is 1220 g/mol. The van der Waals surface area contributed by atoms with Crippen molar-refractivity contribution in [2.45, 2.75) is 178 Å². The highest BCUT2D eigenvalue weighted by Crippen LogP contribution is 2.20. The molecule has 0 spiro atoms. The summed E-state index contributed by atoms with van der Waals surface area (Å²) in [6, 6.07) is -6.94. The minimum absolute atomic E-state index is 0.00275. The maximum Gasteiger partial charge on any atom is 0.248 e. The van der Waals surface area contributed by atoms with E-state index in [1.54, 1.807) is 58.0 Å². The summed E-state index contributed by atoms with van der Waals surface area (Å²) in [4.78, 5) is 176. The molecule has 1 aromatic rings. The standard InChI is InChI=1S/C57H98N22O14/c1-29(2)23-37(49(88)70-33(15-9-19-67-55(61)62)46(85)73-36(44(60)83)25-32-13-7-6-8-14-32)75-47(86)34(16-10-20-68-56(63)64)71-50(89)38(24-30(3)4)76-52(91)40(27-80)77-53(92)42-18-12-22-79(42)54(93)41(28-81)78-48(87)35(17-11-21-69-57(65)66)72-51(90)39(26-43(59)82)74-45(84)31(5)58/h6-8,13-14,29-31,33-42,80-81H,9-12,15-28,58H2,1-5H3,(H2,59,82)(H2,60,83)(H,70,88)(H,71,89)(H,72,90)(H,73,85)(H,74,84)(H,75,86)(H,76,91)(H,77,92)(H,78,87)(H4,61,62,67)(H4,63,64,68)(H4,65,66,69). The van der Waals surface area contributed by atoms with Crippen LogP contribution in [0.1, 0.15) is 111 Å². The van der Waals surface area contributed by atoms with Gasteiger partial charge in [0.15, 0.2) is 17.9 Å². The van der Waals surface area contributed by atoms with Gasteiger partial charge >= 0.3 is 0 Å². The van der Waals surface area contributed by atoms with E-state index < -0.39 is 157 Å². The molecule has 0 bridgehead atoms. The van der Waals surface area contributed by atoms with E-state index in [4.69, 9.17) is 51.6 Å². The number of carbonyl (C=O) groups is 12. The Kier molecular flexibility index (Phi) is 35.2. The third-order valence-electron chi connectivity index (χ3n) is 14.3. The third kappa shape index (κ3) is 30.0. The van der Waals surface area contributed by atoms with Gasteiger partial charge in [0.05, 0.1) is 25.7 Å². The number of hydrogen-bond donors (Lipinski definition) is 20. The molecular formula is C57H98N22O14. The van der Waals surface area contributed by atoms with Crippen LogP contribution >= 0.6 is 0 Å². The highest BCUT2D eigenvalue weighted by atomic mass is 16.3. The topological polar surface area (TPSA) is 628 Å². The molecule has 36 heteroatoms. The Bertz CT molecular complexity index is 2780. The van der Waals surface area contributed by atoms with Crippen molar-refractivity contribution in [2.75, 3.05) is 39.4 Å². The number of hydrogen-bond acceptors (Lipinski definition) is 18. The lowest BCUT2D eigenvalue weighted by Crippen LogP contribution is -2.61. The third-order valence-corrected chi connectivity index (χ3v) is 14.3. The highest BCUT2D eigenvalue weighted by Gasteiger charge is 2.41. The number of carbonyl (C=O) groups excluding carboxylic acids is 12. The lowest BCUT2D eigenvalue weighted by atomic mass is 10.00. The molecule has 12 amide bonds. The smallest absolute Gasteiger partial charge is 0.248 e. The summed E-state index contributed by atoms with van der Waals surface area (Å²) in [5, 5.41) is 43.6. The summed E-state index contributed by atoms with van der Waals surface area (Å²) in [5.74, 6) is -12.3. The van der Waals surface area contributed by atoms with Gasteiger partial charge in [0, 0.05) is 32.6 Å². The summed E-state index contributed by atoms with van der Waals surface area (Å²) >= 11 is 0. The van der Waals surface area contributed by atoms with Crippen LogP contribution in [0.5, 0.6) is 0 Å². The Balaban J connectivity index is 2.40. The second-order valence-corrected chi connectivity index (χ2v) is 23.3. The van der Waals surface area contributed by atoms with Crippen LogP contribution in [0.4, 0.5) is 0 Å². The first-order valence-electron chi connectivity index (χ1n) is 30.6. The van der Waals surface area contributed by atoms with Crippen molar-refractivity contribution in [1.82, 2.24) is 52.8 Å². The minimum atomic E-state index is -1.75. The Morgan fingerprint density at radius 2 is 0.849 bits per heavy atom. The van der Waals surface area contributed by atoms with E-state index in [2.05, 4.69) is 62.8 Å². The first-order chi connectivity index (χ1) is 43.8. The fourth-order valence-electron chi connectivity index (χ4n) is 9.57. The number of aliphatic imine (C=N–C) groups is 3. The molecule has 93 heavy (non-hydrogen) atoms. The van der Waals surface area contributed by atoms with E-state index in [-0.39, 0.29) is 127 Å². The molecule has 11 atom stereocenters. The molecule has 0 aromatic heterocycles. The number of aliphatic hydroxyl groups is 2. The summed E-state index contributed by atoms with van der Waals surface area (Å²) in [6.07, 6.45) is -0.464. The Labute approximate surface area is 539 Å². The number of likely N-dealkylation sites (tertiary alicyclic amines) is 1. The number of aliphatic hydroxyl groups excluding tert-OH is 2. The molecule has 1 fully saturated rings. The summed E-state index contributed by atoms with van der Waals surface area (Å²) in [7, 11) is 0. The average Bonchev–Trinajstić information content (AvgIpc) is 1.88. The molecule has 1 aliphatic heterocycles. The van der Waals surface area contributed by atoms with Crippen molar-refractivity contribution < 1.29 is 67.7 Å². The predicted octanol–water partition coefficient (Wildman–Crippen LogP) is -8.47. The van der Waals surface area contributed by atoms with Crippen molar-refractivity contribution in [1.29, 1.82) is 0 Å². The number of primary amides is 2. The van der Waals surface area contributed by atoms with Crippen LogP contribution in [0.2, 0.25) is 0 Å². The van der Waals surface area contributed by atoms with Crippen LogP contribution in [-0.4, -0.2) is 210 Å². The maximum absolute atomic E-state index is 14.4. The number of benzene rings is 1. The average molecular weight is 1320 g/mol. The van der Waals surface area contributed by atoms with Crippen LogP contribution in [0.25, 0.3) is 0 Å². The summed E-state index contributed by atoms with van der Waals surface area (Å²) < 4.78 is 0. The quantitative estimate of drug-likeness (QED) is 0.0164. The van der Waals surface area contributed by atoms with Gasteiger partial charge < -0.3 is 115 Å². The van der Waals surface area contributed by atoms with Gasteiger partial charge in [-0.05, 0) is 88.5 Å². The number of amides is 12. The Morgan fingerprint density at radius 1 is 0.484 bits per heavy atom. The summed E-state index contributed by atoms with van der Waals surface area (Å²) in [6.45, 7) is 6.23. The lowest BCUT2D eigenvalue weighted by molar-refractivity contribution is -0.143. The van der Waals surface area contributed by atoms with Crippen molar-refractivity contribution in [3.8, 4) is 0 Å². The number of nitrogens with zero attached hydrogens (tertiary/aromatic N) is 4. The number of rotatable bonds is 42. The van der Waals surface area contributed by atoms with Gasteiger partial charge in [-0.15, -0.1) is 0 Å². The van der Waals surface area contributed by atoms with Gasteiger partial charge in [-0.2, -0.15) is 0 Å². The van der Waals surface area contributed by atoms with Crippen molar-refractivity contribution in [2.24, 2.45) is 78.4 Å². The number of nitrogens with one attached hydrogen (secondary N) is 9. The molecule has 1 heterocycles. The number of guanidine groups is 3. The first-order valence-corrected chi connectivity index (χ1v) is 30.6. The molecule has 1 aromatic carbocycles. The van der Waals surface area contributed by atoms with Gasteiger partial charge in [-0.1, -0.05) is 58.0 Å². The molecule has 11 unspecified atom stereocenters. The molecule has 520 valence electrons. The normalized spacial score (nSPS) is 15.9. The second-order valence-electron chi connectivity index (χ2n) is 23.3. The molecule has 36 nitrogen and oxygen atoms in total. The van der Waals surface area contributed by atoms with E-state index in [1.807, 2.05) is 0 Å². The minimum Gasteiger partial charge on any atom is -0.394 e. The SMILES string of the molecule is CC(C)CC(NC(=O)C(CCCN=C(N)N)NC(=O)C(CC(C)C)NC(=O)C(CO)NC(=O)C1CCCN1C(=O)C(CO)NC(=O)C(CCCN=C(N)N)NC(=O)C(CC(N)=O)NC(=O)C(C)N)C(=O)NC(CCCN=C(N)N)C(=O)NC(Cc1ccccc1)C(N)=O. The van der Waals surface area contributed by atoms with Crippen molar-refractivity contribution in [3.05, 3.63) is 35.9 Å². The van der Waals surface area contributed by atoms with E-state index >= 15 is 0 Å². The van der Waals surface area contributed by atoms with Crippen LogP contribution in [0.15, 0.2) is 45.3 Å². The van der Waals surface area contributed by atoms with E-state index in [1.165, 1.54) is 6.92 Å². The Hall–Kier alpha value is -9.45. The fraction of sp³-hybridized carbons (Fsp3) is 0.632. The molecule has 1 saturated heterocycles. The van der Waals surface area contributed by atoms with Gasteiger partial charge in [-0.25, -0.2) is 0 Å². The molecule has 2 rings (SSSR count). The zero-order valence-electron chi connectivity index (χ0n) is 53.4. The monoisotopic (exact) mass is 1310 g/mol. The number of nitrogens with two attached hydrogens (primary N) is 9. The maximum atomic E-state index is 14.4. The van der Waals surface area contributed by atoms with E-state index in [0.717, 1.165) is 4.90 Å². The van der Waals surface area contributed by atoms with Gasteiger partial charge in [-0.3, -0.25) is 72.5 Å². The molecule has 0 saturated carbocycles. The first kappa shape index (κ1) is 79.6. The fourth-order valence-corrected chi connectivity index (χ4v) is 9.57. The molecule has 1 aliphatic rings. The van der Waals surface area contributed by atoms with Crippen LogP contribution in [-0.2, 0) is 64.0 Å². The zero-order chi connectivity index (χ0) is 70.1. The van der Waals surface area contributed by atoms with Gasteiger partial charge in [0.25, 0.3) is 0 Å². The van der Waals surface area contributed by atoms with E-state index in [9.17, 15) is 67.7 Å². The molecule has 29 N–H and O–H groups in total. The van der Waals surface area contributed by atoms with Crippen molar-refractivity contribution in [3.63, 3.8) is 0 Å². The van der Waals surface area contributed by atoms with E-state index in [0.29, 0.717) is 5.56 Å². The predicted molar refractivity (Wildman–Crippen MR) is 342 cm³/mol. The highest BCUT2D eigenvalue weighted by molar-refractivity contribution is 6.00. The molecule has 0 radical (unpaired) electrons. The lowest BCUT2D eigenvalue weighted by Gasteiger charge is -2.30. The van der Waals surface area contributed by atoms with Crippen LogP contribution in [0.3, 0.4) is 0 Å². The van der Waals surface area contributed by atoms with Crippen molar-refractivity contribution >= 4 is 88.8 Å². The van der Waals surface area contributed by atoms with Crippen LogP contribution < -0.4 is 99.5 Å². The Morgan fingerprint density at radius 3 is 1.23 bits per heavy atom. The van der Waals surface area contributed by atoms with Crippen LogP contribution in [0, 0.1) is 11.8 Å². The summed E-state index contributed by atoms with van der Waals surface area (Å²) in [5.41, 5.74) is 50.3. The van der Waals surface area contributed by atoms with Gasteiger partial charge in [0.1, 0.15) is 60.4 Å².